The minimum atomic E-state index is -1.04. The molecule has 0 atom stereocenters. The Morgan fingerprint density at radius 3 is 2.59 bits per heavy atom. The van der Waals surface area contributed by atoms with Crippen LogP contribution in [0.1, 0.15) is 5.56 Å². The van der Waals surface area contributed by atoms with Crippen molar-refractivity contribution >= 4 is 8.07 Å². The van der Waals surface area contributed by atoms with Gasteiger partial charge in [-0.15, -0.1) is 0 Å². The maximum Gasteiger partial charge on any atom is 0.189 e. The second-order valence-corrected chi connectivity index (χ2v) is 10.7. The third-order valence-electron chi connectivity index (χ3n) is 2.30. The monoisotopic (exact) mass is 249 g/mol. The maximum atomic E-state index is 8.86. The molecule has 0 heterocycles. The van der Waals surface area contributed by atoms with Crippen molar-refractivity contribution in [2.75, 3.05) is 13.4 Å². The van der Waals surface area contributed by atoms with Gasteiger partial charge in [-0.3, -0.25) is 0 Å². The molecule has 1 aromatic carbocycles. The Morgan fingerprint density at radius 1 is 1.24 bits per heavy atom. The number of hydrogen-bond donors (Lipinski definition) is 0. The van der Waals surface area contributed by atoms with Gasteiger partial charge in [0.1, 0.15) is 11.8 Å². The number of nitrogens with zero attached hydrogens (tertiary/aromatic N) is 1. The number of hydrogen-bond acceptors (Lipinski definition) is 3. The van der Waals surface area contributed by atoms with Crippen molar-refractivity contribution in [3.05, 3.63) is 29.8 Å². The summed E-state index contributed by atoms with van der Waals surface area (Å²) < 4.78 is 10.8. The molecule has 0 amide bonds. The second-order valence-electron chi connectivity index (χ2n) is 5.09. The maximum absolute atomic E-state index is 8.86. The molecular weight excluding hydrogens is 230 g/mol. The van der Waals surface area contributed by atoms with Crippen LogP contribution in [0.2, 0.25) is 25.7 Å². The summed E-state index contributed by atoms with van der Waals surface area (Å²) in [6.07, 6.45) is 0. The first kappa shape index (κ1) is 13.8. The van der Waals surface area contributed by atoms with Crippen LogP contribution in [-0.4, -0.2) is 21.5 Å². The summed E-state index contributed by atoms with van der Waals surface area (Å²) >= 11 is 0. The Balaban J connectivity index is 2.30. The Hall–Kier alpha value is -1.31. The normalized spacial score (nSPS) is 10.9. The smallest absolute Gasteiger partial charge is 0.189 e. The standard InChI is InChI=1S/C13H19NO2Si/c1-17(2,3)9-8-15-11-16-13-7-5-4-6-12(13)10-14/h4-7H,8-9,11H2,1-3H3. The SMILES string of the molecule is C[Si](C)(C)CCOCOc1ccccc1C#N. The van der Waals surface area contributed by atoms with Gasteiger partial charge in [0.2, 0.25) is 0 Å². The summed E-state index contributed by atoms with van der Waals surface area (Å²) in [5.74, 6) is 0.586. The quantitative estimate of drug-likeness (QED) is 0.441. The molecule has 0 unspecified atom stereocenters. The molecule has 0 aliphatic rings. The van der Waals surface area contributed by atoms with Crippen LogP contribution >= 0.6 is 0 Å². The molecule has 4 heteroatoms. The van der Waals surface area contributed by atoms with Gasteiger partial charge < -0.3 is 9.47 Å². The number of para-hydroxylation sites is 1. The molecule has 0 fully saturated rings. The highest BCUT2D eigenvalue weighted by Gasteiger charge is 2.12. The van der Waals surface area contributed by atoms with E-state index in [1.54, 1.807) is 12.1 Å². The van der Waals surface area contributed by atoms with E-state index in [1.807, 2.05) is 12.1 Å². The minimum Gasteiger partial charge on any atom is -0.466 e. The summed E-state index contributed by atoms with van der Waals surface area (Å²) in [6.45, 7) is 7.86. The molecule has 0 saturated carbocycles. The first-order valence-corrected chi connectivity index (χ1v) is 9.43. The van der Waals surface area contributed by atoms with Crippen molar-refractivity contribution in [2.24, 2.45) is 0 Å². The molecule has 92 valence electrons. The summed E-state index contributed by atoms with van der Waals surface area (Å²) in [5, 5.41) is 8.86. The Morgan fingerprint density at radius 2 is 1.94 bits per heavy atom. The van der Waals surface area contributed by atoms with Crippen LogP contribution in [0.3, 0.4) is 0 Å². The van der Waals surface area contributed by atoms with E-state index in [1.165, 1.54) is 0 Å². The lowest BCUT2D eigenvalue weighted by Gasteiger charge is -2.15. The van der Waals surface area contributed by atoms with Crippen molar-refractivity contribution in [1.29, 1.82) is 5.26 Å². The van der Waals surface area contributed by atoms with Crippen LogP contribution in [-0.2, 0) is 4.74 Å². The average molecular weight is 249 g/mol. The van der Waals surface area contributed by atoms with Crippen molar-refractivity contribution in [3.63, 3.8) is 0 Å². The van der Waals surface area contributed by atoms with E-state index < -0.39 is 8.07 Å². The van der Waals surface area contributed by atoms with Crippen molar-refractivity contribution in [2.45, 2.75) is 25.7 Å². The van der Waals surface area contributed by atoms with Gasteiger partial charge >= 0.3 is 0 Å². The van der Waals surface area contributed by atoms with Gasteiger partial charge in [0, 0.05) is 14.7 Å². The lowest BCUT2D eigenvalue weighted by molar-refractivity contribution is 0.0219. The highest BCUT2D eigenvalue weighted by atomic mass is 28.3. The van der Waals surface area contributed by atoms with Crippen molar-refractivity contribution in [1.82, 2.24) is 0 Å². The molecule has 0 aliphatic carbocycles. The van der Waals surface area contributed by atoms with Gasteiger partial charge in [-0.2, -0.15) is 5.26 Å². The second kappa shape index (κ2) is 6.43. The van der Waals surface area contributed by atoms with Crippen LogP contribution in [0.4, 0.5) is 0 Å². The summed E-state index contributed by atoms with van der Waals surface area (Å²) in [7, 11) is -1.04. The predicted octanol–water partition coefficient (Wildman–Crippen LogP) is 3.25. The molecule has 3 nitrogen and oxygen atoms in total. The fourth-order valence-corrected chi connectivity index (χ4v) is 1.98. The number of ether oxygens (including phenoxy) is 2. The largest absolute Gasteiger partial charge is 0.466 e. The van der Waals surface area contributed by atoms with Gasteiger partial charge in [-0.1, -0.05) is 31.8 Å². The van der Waals surface area contributed by atoms with Crippen molar-refractivity contribution in [3.8, 4) is 11.8 Å². The molecular formula is C13H19NO2Si. The van der Waals surface area contributed by atoms with Gasteiger partial charge in [0.15, 0.2) is 6.79 Å². The number of nitriles is 1. The third-order valence-corrected chi connectivity index (χ3v) is 4.01. The zero-order valence-electron chi connectivity index (χ0n) is 10.7. The molecule has 1 aromatic rings. The molecule has 0 N–H and O–H groups in total. The molecule has 0 aromatic heterocycles. The average Bonchev–Trinajstić information content (AvgIpc) is 2.27. The summed E-state index contributed by atoms with van der Waals surface area (Å²) in [5.41, 5.74) is 0.543. The Bertz CT molecular complexity index is 393. The van der Waals surface area contributed by atoms with E-state index in [0.717, 1.165) is 12.7 Å². The van der Waals surface area contributed by atoms with Gasteiger partial charge in [0.05, 0.1) is 5.56 Å². The zero-order chi connectivity index (χ0) is 12.7. The number of rotatable bonds is 6. The van der Waals surface area contributed by atoms with Crippen LogP contribution in [0.15, 0.2) is 24.3 Å². The first-order chi connectivity index (χ1) is 8.03. The van der Waals surface area contributed by atoms with E-state index in [9.17, 15) is 0 Å². The van der Waals surface area contributed by atoms with Gasteiger partial charge in [-0.05, 0) is 18.2 Å². The van der Waals surface area contributed by atoms with Gasteiger partial charge in [-0.25, -0.2) is 0 Å². The molecule has 17 heavy (non-hydrogen) atoms. The number of benzene rings is 1. The van der Waals surface area contributed by atoms with Crippen molar-refractivity contribution < 1.29 is 9.47 Å². The van der Waals surface area contributed by atoms with Crippen LogP contribution in [0, 0.1) is 11.3 Å². The van der Waals surface area contributed by atoms with Crippen LogP contribution in [0.5, 0.6) is 5.75 Å². The zero-order valence-corrected chi connectivity index (χ0v) is 11.7. The van der Waals surface area contributed by atoms with Crippen LogP contribution < -0.4 is 4.74 Å². The molecule has 0 bridgehead atoms. The van der Waals surface area contributed by atoms with E-state index in [4.69, 9.17) is 14.7 Å². The minimum absolute atomic E-state index is 0.211. The van der Waals surface area contributed by atoms with E-state index in [2.05, 4.69) is 25.7 Å². The summed E-state index contributed by atoms with van der Waals surface area (Å²) in [4.78, 5) is 0. The highest BCUT2D eigenvalue weighted by molar-refractivity contribution is 6.76. The summed E-state index contributed by atoms with van der Waals surface area (Å²) in [6, 6.07) is 10.4. The predicted molar refractivity (Wildman–Crippen MR) is 70.8 cm³/mol. The molecule has 1 rings (SSSR count). The van der Waals surface area contributed by atoms with E-state index in [-0.39, 0.29) is 6.79 Å². The molecule has 0 aliphatic heterocycles. The fourth-order valence-electron chi connectivity index (χ4n) is 1.23. The third kappa shape index (κ3) is 5.52. The van der Waals surface area contributed by atoms with Gasteiger partial charge in [0.25, 0.3) is 0 Å². The topological polar surface area (TPSA) is 42.2 Å². The molecule has 0 radical (unpaired) electrons. The molecule has 0 spiro atoms. The van der Waals surface area contributed by atoms with Crippen LogP contribution in [0.25, 0.3) is 0 Å². The lowest BCUT2D eigenvalue weighted by Crippen LogP contribution is -2.22. The highest BCUT2D eigenvalue weighted by Crippen LogP contribution is 2.16. The Kier molecular flexibility index (Phi) is 5.20. The first-order valence-electron chi connectivity index (χ1n) is 5.72. The van der Waals surface area contributed by atoms with E-state index in [0.29, 0.717) is 11.3 Å². The lowest BCUT2D eigenvalue weighted by atomic mass is 10.2. The Labute approximate surface area is 104 Å². The van der Waals surface area contributed by atoms with E-state index >= 15 is 0 Å². The fraction of sp³-hybridized carbons (Fsp3) is 0.462. The molecule has 0 saturated heterocycles.